The van der Waals surface area contributed by atoms with Crippen LogP contribution >= 0.6 is 23.4 Å². The summed E-state index contributed by atoms with van der Waals surface area (Å²) in [5.74, 6) is -0.865. The Bertz CT molecular complexity index is 1040. The number of carbonyl (C=O) groups excluding carboxylic acids is 1. The molecule has 8 heteroatoms. The van der Waals surface area contributed by atoms with Gasteiger partial charge in [-0.3, -0.25) is 4.79 Å². The van der Waals surface area contributed by atoms with Gasteiger partial charge in [0.05, 0.1) is 21.4 Å². The molecule has 1 aromatic carbocycles. The summed E-state index contributed by atoms with van der Waals surface area (Å²) in [4.78, 5) is 28.8. The van der Waals surface area contributed by atoms with Gasteiger partial charge in [-0.1, -0.05) is 37.2 Å². The summed E-state index contributed by atoms with van der Waals surface area (Å²) in [5.41, 5.74) is 2.89. The molecule has 2 aromatic rings. The number of hydrogen-bond acceptors (Lipinski definition) is 5. The molecule has 0 saturated heterocycles. The first-order valence-corrected chi connectivity index (χ1v) is 11.0. The van der Waals surface area contributed by atoms with E-state index in [1.807, 2.05) is 13.0 Å². The second-order valence-corrected chi connectivity index (χ2v) is 9.01. The molecule has 2 atom stereocenters. The molecule has 0 spiro atoms. The Morgan fingerprint density at radius 2 is 2.20 bits per heavy atom. The number of carboxylic acids is 1. The minimum absolute atomic E-state index is 0.0764. The second-order valence-electron chi connectivity index (χ2n) is 7.41. The highest BCUT2D eigenvalue weighted by Crippen LogP contribution is 2.32. The quantitative estimate of drug-likeness (QED) is 0.613. The maximum absolute atomic E-state index is 12.8. The van der Waals surface area contributed by atoms with Gasteiger partial charge in [0.25, 0.3) is 0 Å². The smallest absolute Gasteiger partial charge is 0.337 e. The van der Waals surface area contributed by atoms with E-state index in [2.05, 4.69) is 18.3 Å². The lowest BCUT2D eigenvalue weighted by Gasteiger charge is -2.22. The molecule has 0 fully saturated rings. The van der Waals surface area contributed by atoms with E-state index in [4.69, 9.17) is 16.6 Å². The maximum atomic E-state index is 12.8. The Balaban J connectivity index is 1.80. The first-order chi connectivity index (χ1) is 14.3. The average molecular weight is 444 g/mol. The number of aromatic nitrogens is 1. The molecule has 6 nitrogen and oxygen atoms in total. The van der Waals surface area contributed by atoms with Crippen molar-refractivity contribution in [3.05, 3.63) is 51.7 Å². The number of halogens is 1. The number of nitrogens with one attached hydrogen (secondary N) is 1. The normalized spacial score (nSPS) is 16.3. The van der Waals surface area contributed by atoms with Crippen molar-refractivity contribution in [1.82, 2.24) is 4.98 Å². The van der Waals surface area contributed by atoms with Gasteiger partial charge >= 0.3 is 5.97 Å². The zero-order valence-corrected chi connectivity index (χ0v) is 18.3. The van der Waals surface area contributed by atoms with Crippen molar-refractivity contribution < 1.29 is 14.7 Å². The van der Waals surface area contributed by atoms with Crippen LogP contribution in [0, 0.1) is 17.2 Å². The number of aromatic carboxylic acids is 1. The van der Waals surface area contributed by atoms with E-state index in [0.717, 1.165) is 30.5 Å². The number of nitriles is 1. The summed E-state index contributed by atoms with van der Waals surface area (Å²) in [6.45, 7) is 4.08. The minimum atomic E-state index is -1.16. The standard InChI is InChI=1S/C22H22ClN3O3S/c1-3-19(20(27)25-15-5-6-17(23)16(10-15)22(28)29)30-21-14(11-24)9-13-8-12(2)4-7-18(13)26-21/h5-6,9-10,12,19H,3-4,7-8H2,1-2H3,(H,25,27)(H,28,29). The molecule has 1 amide bonds. The molecular weight excluding hydrogens is 422 g/mol. The fourth-order valence-electron chi connectivity index (χ4n) is 3.44. The van der Waals surface area contributed by atoms with E-state index in [1.54, 1.807) is 6.07 Å². The molecule has 156 valence electrons. The Morgan fingerprint density at radius 1 is 1.43 bits per heavy atom. The molecule has 2 unspecified atom stereocenters. The summed E-state index contributed by atoms with van der Waals surface area (Å²) in [7, 11) is 0. The molecule has 0 aliphatic heterocycles. The largest absolute Gasteiger partial charge is 0.478 e. The monoisotopic (exact) mass is 443 g/mol. The third-order valence-corrected chi connectivity index (χ3v) is 6.80. The van der Waals surface area contributed by atoms with Gasteiger partial charge in [-0.15, -0.1) is 0 Å². The molecular formula is C22H22ClN3O3S. The predicted octanol–water partition coefficient (Wildman–Crippen LogP) is 4.94. The van der Waals surface area contributed by atoms with Crippen LogP contribution in [0.1, 0.15) is 53.9 Å². The van der Waals surface area contributed by atoms with Crippen LogP contribution in [0.3, 0.4) is 0 Å². The van der Waals surface area contributed by atoms with Crippen molar-refractivity contribution in [3.63, 3.8) is 0 Å². The maximum Gasteiger partial charge on any atom is 0.337 e. The number of amides is 1. The number of pyridine rings is 1. The first-order valence-electron chi connectivity index (χ1n) is 9.75. The summed E-state index contributed by atoms with van der Waals surface area (Å²) < 4.78 is 0. The van der Waals surface area contributed by atoms with Crippen molar-refractivity contribution >= 4 is 40.9 Å². The van der Waals surface area contributed by atoms with Crippen LogP contribution < -0.4 is 5.32 Å². The zero-order chi connectivity index (χ0) is 21.8. The van der Waals surface area contributed by atoms with Crippen LogP contribution in [-0.4, -0.2) is 27.2 Å². The van der Waals surface area contributed by atoms with Gasteiger partial charge in [-0.05, 0) is 61.4 Å². The van der Waals surface area contributed by atoms with Gasteiger partial charge in [0.2, 0.25) is 5.91 Å². The molecule has 1 heterocycles. The number of carboxylic acid groups (broad SMARTS) is 1. The van der Waals surface area contributed by atoms with Crippen molar-refractivity contribution in [1.29, 1.82) is 5.26 Å². The Labute approximate surface area is 184 Å². The zero-order valence-electron chi connectivity index (χ0n) is 16.7. The van der Waals surface area contributed by atoms with Crippen molar-refractivity contribution in [3.8, 4) is 6.07 Å². The number of nitrogens with zero attached hydrogens (tertiary/aromatic N) is 2. The second kappa shape index (κ2) is 9.50. The number of carbonyl (C=O) groups is 2. The number of benzene rings is 1. The van der Waals surface area contributed by atoms with Gasteiger partial charge in [0.15, 0.2) is 0 Å². The van der Waals surface area contributed by atoms with E-state index in [0.29, 0.717) is 28.6 Å². The Morgan fingerprint density at radius 3 is 2.87 bits per heavy atom. The van der Waals surface area contributed by atoms with Gasteiger partial charge in [-0.25, -0.2) is 9.78 Å². The Hall–Kier alpha value is -2.56. The lowest BCUT2D eigenvalue weighted by Crippen LogP contribution is -2.25. The SMILES string of the molecule is CCC(Sc1nc2c(cc1C#N)CC(C)CC2)C(=O)Nc1ccc(Cl)c(C(=O)O)c1. The number of thioether (sulfide) groups is 1. The molecule has 2 N–H and O–H groups in total. The lowest BCUT2D eigenvalue weighted by molar-refractivity contribution is -0.115. The summed E-state index contributed by atoms with van der Waals surface area (Å²) in [5, 5.41) is 21.7. The van der Waals surface area contributed by atoms with E-state index in [-0.39, 0.29) is 16.5 Å². The van der Waals surface area contributed by atoms with E-state index in [9.17, 15) is 20.0 Å². The lowest BCUT2D eigenvalue weighted by atomic mass is 9.87. The van der Waals surface area contributed by atoms with Crippen LogP contribution in [0.4, 0.5) is 5.69 Å². The van der Waals surface area contributed by atoms with E-state index < -0.39 is 11.2 Å². The topological polar surface area (TPSA) is 103 Å². The van der Waals surface area contributed by atoms with Gasteiger partial charge in [0, 0.05) is 11.4 Å². The highest BCUT2D eigenvalue weighted by molar-refractivity contribution is 8.00. The van der Waals surface area contributed by atoms with Gasteiger partial charge < -0.3 is 10.4 Å². The van der Waals surface area contributed by atoms with Crippen molar-refractivity contribution in [2.45, 2.75) is 49.8 Å². The number of hydrogen-bond donors (Lipinski definition) is 2. The molecule has 3 rings (SSSR count). The average Bonchev–Trinajstić information content (AvgIpc) is 2.72. The molecule has 1 aliphatic rings. The molecule has 1 aromatic heterocycles. The van der Waals surface area contributed by atoms with E-state index >= 15 is 0 Å². The first kappa shape index (κ1) is 22.1. The minimum Gasteiger partial charge on any atom is -0.478 e. The fourth-order valence-corrected chi connectivity index (χ4v) is 4.64. The third kappa shape index (κ3) is 4.94. The van der Waals surface area contributed by atoms with Crippen molar-refractivity contribution in [2.24, 2.45) is 5.92 Å². The number of rotatable bonds is 6. The highest BCUT2D eigenvalue weighted by atomic mass is 35.5. The number of aryl methyl sites for hydroxylation is 1. The number of anilines is 1. The molecule has 0 saturated carbocycles. The molecule has 0 radical (unpaired) electrons. The number of fused-ring (bicyclic) bond motifs is 1. The van der Waals surface area contributed by atoms with Crippen LogP contribution in [-0.2, 0) is 17.6 Å². The van der Waals surface area contributed by atoms with Crippen LogP contribution in [0.2, 0.25) is 5.02 Å². The molecule has 0 bridgehead atoms. The summed E-state index contributed by atoms with van der Waals surface area (Å²) >= 11 is 7.16. The van der Waals surface area contributed by atoms with Crippen molar-refractivity contribution in [2.75, 3.05) is 5.32 Å². The highest BCUT2D eigenvalue weighted by Gasteiger charge is 2.24. The predicted molar refractivity (Wildman–Crippen MR) is 117 cm³/mol. The van der Waals surface area contributed by atoms with Gasteiger partial charge in [0.1, 0.15) is 11.1 Å². The Kier molecular flexibility index (Phi) is 7.01. The van der Waals surface area contributed by atoms with Crippen LogP contribution in [0.25, 0.3) is 0 Å². The molecule has 1 aliphatic carbocycles. The summed E-state index contributed by atoms with van der Waals surface area (Å²) in [6, 6.07) is 8.45. The van der Waals surface area contributed by atoms with Gasteiger partial charge in [-0.2, -0.15) is 5.26 Å². The fraction of sp³-hybridized carbons (Fsp3) is 0.364. The van der Waals surface area contributed by atoms with Crippen LogP contribution in [0.15, 0.2) is 29.3 Å². The third-order valence-electron chi connectivity index (χ3n) is 5.10. The van der Waals surface area contributed by atoms with E-state index in [1.165, 1.54) is 23.9 Å². The summed E-state index contributed by atoms with van der Waals surface area (Å²) in [6.07, 6.45) is 3.39. The van der Waals surface area contributed by atoms with Crippen LogP contribution in [0.5, 0.6) is 0 Å². The molecule has 30 heavy (non-hydrogen) atoms.